The lowest BCUT2D eigenvalue weighted by Gasteiger charge is -2.29. The number of aliphatic hydroxyl groups is 1. The summed E-state index contributed by atoms with van der Waals surface area (Å²) in [6, 6.07) is 15.2. The molecule has 1 aliphatic rings. The van der Waals surface area contributed by atoms with Crippen LogP contribution in [0.25, 0.3) is 0 Å². The normalized spacial score (nSPS) is 20.3. The van der Waals surface area contributed by atoms with Crippen LogP contribution in [-0.2, 0) is 16.0 Å². The molecule has 0 unspecified atom stereocenters. The van der Waals surface area contributed by atoms with E-state index in [1.54, 1.807) is 19.1 Å². The van der Waals surface area contributed by atoms with Gasteiger partial charge < -0.3 is 14.6 Å². The second-order valence-corrected chi connectivity index (χ2v) is 8.61. The van der Waals surface area contributed by atoms with Gasteiger partial charge in [-0.25, -0.2) is 10.0 Å². The van der Waals surface area contributed by atoms with Crippen molar-refractivity contribution in [2.75, 3.05) is 27.3 Å². The molecular formula is C23H28BrN3O4. The van der Waals surface area contributed by atoms with Gasteiger partial charge in [-0.05, 0) is 48.9 Å². The van der Waals surface area contributed by atoms with E-state index in [0.717, 1.165) is 15.6 Å². The number of nitrogens with one attached hydrogen (secondary N) is 1. The minimum atomic E-state index is -1.09. The molecule has 0 saturated heterocycles. The summed E-state index contributed by atoms with van der Waals surface area (Å²) in [6.45, 7) is 2.42. The first-order chi connectivity index (χ1) is 14.8. The minimum Gasteiger partial charge on any atom is -0.494 e. The molecule has 0 saturated carbocycles. The third-order valence-corrected chi connectivity index (χ3v) is 5.57. The molecular weight excluding hydrogens is 462 g/mol. The van der Waals surface area contributed by atoms with E-state index in [-0.39, 0.29) is 12.5 Å². The third kappa shape index (κ3) is 5.64. The number of aliphatic hydroxyl groups excluding tert-OH is 1. The molecule has 1 aliphatic heterocycles. The number of hydrogen-bond donors (Lipinski definition) is 2. The van der Waals surface area contributed by atoms with Gasteiger partial charge in [0.2, 0.25) is 5.90 Å². The van der Waals surface area contributed by atoms with E-state index in [1.165, 1.54) is 0 Å². The number of ether oxygens (including phenoxy) is 2. The molecule has 0 fully saturated rings. The van der Waals surface area contributed by atoms with Crippen LogP contribution in [0.4, 0.5) is 0 Å². The van der Waals surface area contributed by atoms with Gasteiger partial charge in [-0.3, -0.25) is 10.2 Å². The van der Waals surface area contributed by atoms with E-state index in [0.29, 0.717) is 31.1 Å². The lowest BCUT2D eigenvalue weighted by Crippen LogP contribution is -2.55. The molecule has 0 aliphatic carbocycles. The van der Waals surface area contributed by atoms with Crippen molar-refractivity contribution in [2.45, 2.75) is 31.4 Å². The Balaban J connectivity index is 1.89. The summed E-state index contributed by atoms with van der Waals surface area (Å²) >= 11 is 3.45. The van der Waals surface area contributed by atoms with Crippen LogP contribution in [0.5, 0.6) is 5.75 Å². The fourth-order valence-corrected chi connectivity index (χ4v) is 3.62. The second kappa shape index (κ2) is 10.3. The van der Waals surface area contributed by atoms with E-state index in [9.17, 15) is 4.79 Å². The Kier molecular flexibility index (Phi) is 7.69. The van der Waals surface area contributed by atoms with Crippen LogP contribution in [0.3, 0.4) is 0 Å². The molecule has 0 bridgehead atoms. The molecule has 3 rings (SSSR count). The Labute approximate surface area is 191 Å². The zero-order valence-corrected chi connectivity index (χ0v) is 19.6. The van der Waals surface area contributed by atoms with Gasteiger partial charge >= 0.3 is 0 Å². The Hall–Kier alpha value is -2.42. The van der Waals surface area contributed by atoms with Crippen molar-refractivity contribution in [2.24, 2.45) is 4.99 Å². The molecule has 166 valence electrons. The molecule has 8 heteroatoms. The Morgan fingerprint density at radius 2 is 1.90 bits per heavy atom. The lowest BCUT2D eigenvalue weighted by molar-refractivity contribution is -0.132. The first-order valence-electron chi connectivity index (χ1n) is 10.2. The highest BCUT2D eigenvalue weighted by Crippen LogP contribution is 2.33. The average molecular weight is 490 g/mol. The van der Waals surface area contributed by atoms with Crippen LogP contribution in [-0.4, -0.2) is 60.9 Å². The fraction of sp³-hybridized carbons (Fsp3) is 0.391. The monoisotopic (exact) mass is 489 g/mol. The first-order valence-corrected chi connectivity index (χ1v) is 11.0. The molecule has 1 heterocycles. The molecule has 2 aromatic carbocycles. The number of benzene rings is 2. The maximum Gasteiger partial charge on any atom is 0.266 e. The zero-order chi connectivity index (χ0) is 22.4. The van der Waals surface area contributed by atoms with Crippen molar-refractivity contribution in [1.82, 2.24) is 10.4 Å². The number of carbonyl (C=O) groups is 1. The lowest BCUT2D eigenvalue weighted by atomic mass is 9.86. The van der Waals surface area contributed by atoms with Crippen molar-refractivity contribution in [3.8, 4) is 5.75 Å². The quantitative estimate of drug-likeness (QED) is 0.417. The smallest absolute Gasteiger partial charge is 0.266 e. The summed E-state index contributed by atoms with van der Waals surface area (Å²) in [5.41, 5.74) is 3.53. The summed E-state index contributed by atoms with van der Waals surface area (Å²) < 4.78 is 12.6. The van der Waals surface area contributed by atoms with E-state index in [1.807, 2.05) is 55.5 Å². The fourth-order valence-electron chi connectivity index (χ4n) is 3.36. The number of rotatable bonds is 9. The summed E-state index contributed by atoms with van der Waals surface area (Å²) in [7, 11) is 3.54. The Bertz CT molecular complexity index is 915. The number of hydrogen-bond acceptors (Lipinski definition) is 6. The Morgan fingerprint density at radius 3 is 2.52 bits per heavy atom. The van der Waals surface area contributed by atoms with Gasteiger partial charge in [0.15, 0.2) is 5.54 Å². The predicted molar refractivity (Wildman–Crippen MR) is 123 cm³/mol. The molecule has 0 spiro atoms. The van der Waals surface area contributed by atoms with Gasteiger partial charge in [-0.1, -0.05) is 28.1 Å². The van der Waals surface area contributed by atoms with Gasteiger partial charge in [-0.2, -0.15) is 0 Å². The topological polar surface area (TPSA) is 83.4 Å². The summed E-state index contributed by atoms with van der Waals surface area (Å²) in [5, 5.41) is 10.5. The Morgan fingerprint density at radius 1 is 1.23 bits per heavy atom. The van der Waals surface area contributed by atoms with E-state index in [2.05, 4.69) is 21.4 Å². The van der Waals surface area contributed by atoms with Crippen molar-refractivity contribution in [3.63, 3.8) is 0 Å². The standard InChI is InChI=1S/C23H28BrN3O4/c1-16-23(22(29)26-27(2)3,15-17-5-9-19(24)10-6-17)25-21(31-16)18-7-11-20(12-8-18)30-14-4-13-28/h5-12,16,28H,4,13-15H2,1-3H3,(H,26,29)/t16-,23-/m0/s1. The van der Waals surface area contributed by atoms with Gasteiger partial charge in [0.25, 0.3) is 5.91 Å². The highest BCUT2D eigenvalue weighted by Gasteiger charge is 2.50. The van der Waals surface area contributed by atoms with Crippen LogP contribution in [0, 0.1) is 0 Å². The SMILES string of the molecule is C[C@@H]1OC(c2ccc(OCCCO)cc2)=N[C@]1(Cc1ccc(Br)cc1)C(=O)NN(C)C. The third-order valence-electron chi connectivity index (χ3n) is 5.04. The molecule has 2 atom stereocenters. The van der Waals surface area contributed by atoms with Crippen molar-refractivity contribution >= 4 is 27.7 Å². The summed E-state index contributed by atoms with van der Waals surface area (Å²) in [6.07, 6.45) is 0.535. The maximum absolute atomic E-state index is 13.2. The number of amides is 1. The van der Waals surface area contributed by atoms with E-state index >= 15 is 0 Å². The van der Waals surface area contributed by atoms with Gasteiger partial charge in [0.1, 0.15) is 11.9 Å². The molecule has 2 N–H and O–H groups in total. The second-order valence-electron chi connectivity index (χ2n) is 7.69. The van der Waals surface area contributed by atoms with Crippen molar-refractivity contribution < 1.29 is 19.4 Å². The molecule has 31 heavy (non-hydrogen) atoms. The largest absolute Gasteiger partial charge is 0.494 e. The minimum absolute atomic E-state index is 0.0933. The summed E-state index contributed by atoms with van der Waals surface area (Å²) in [4.78, 5) is 18.1. The highest BCUT2D eigenvalue weighted by atomic mass is 79.9. The molecule has 7 nitrogen and oxygen atoms in total. The first kappa shape index (κ1) is 23.2. The number of halogens is 1. The molecule has 1 amide bonds. The number of nitrogens with zero attached hydrogens (tertiary/aromatic N) is 2. The van der Waals surface area contributed by atoms with Gasteiger partial charge in [0.05, 0.1) is 6.61 Å². The maximum atomic E-state index is 13.2. The van der Waals surface area contributed by atoms with Crippen LogP contribution in [0.15, 0.2) is 58.0 Å². The molecule has 2 aromatic rings. The summed E-state index contributed by atoms with van der Waals surface area (Å²) in [5.74, 6) is 0.919. The number of carbonyl (C=O) groups excluding carboxylic acids is 1. The van der Waals surface area contributed by atoms with E-state index < -0.39 is 11.6 Å². The van der Waals surface area contributed by atoms with Crippen molar-refractivity contribution in [3.05, 3.63) is 64.1 Å². The van der Waals surface area contributed by atoms with Crippen molar-refractivity contribution in [1.29, 1.82) is 0 Å². The van der Waals surface area contributed by atoms with Crippen LogP contribution in [0.2, 0.25) is 0 Å². The van der Waals surface area contributed by atoms with Gasteiger partial charge in [0, 0.05) is 43.6 Å². The number of aliphatic imine (C=N–C) groups is 1. The predicted octanol–water partition coefficient (Wildman–Crippen LogP) is 2.95. The number of hydrazine groups is 1. The van der Waals surface area contributed by atoms with Crippen LogP contribution < -0.4 is 10.2 Å². The van der Waals surface area contributed by atoms with Crippen LogP contribution >= 0.6 is 15.9 Å². The average Bonchev–Trinajstić information content (AvgIpc) is 3.07. The molecule has 0 radical (unpaired) electrons. The van der Waals surface area contributed by atoms with E-state index in [4.69, 9.17) is 19.6 Å². The van der Waals surface area contributed by atoms with Crippen LogP contribution in [0.1, 0.15) is 24.5 Å². The van der Waals surface area contributed by atoms with Gasteiger partial charge in [-0.15, -0.1) is 0 Å². The highest BCUT2D eigenvalue weighted by molar-refractivity contribution is 9.10. The molecule has 0 aromatic heterocycles. The zero-order valence-electron chi connectivity index (χ0n) is 18.0.